The Balaban J connectivity index is 3.58. The molecule has 14 heteroatoms. The maximum absolute atomic E-state index is 12.5. The van der Waals surface area contributed by atoms with E-state index in [9.17, 15) is 44.7 Å². The molecule has 2 N–H and O–H groups in total. The number of rotatable bonds is 11. The number of carbonyl (C=O) groups excluding carboxylic acids is 2. The van der Waals surface area contributed by atoms with Crippen LogP contribution in [0, 0.1) is 0 Å². The highest BCUT2D eigenvalue weighted by molar-refractivity contribution is 5.81. The summed E-state index contributed by atoms with van der Waals surface area (Å²) in [5.41, 5.74) is 0. The van der Waals surface area contributed by atoms with Crippen molar-refractivity contribution in [2.45, 2.75) is 24.7 Å². The zero-order valence-electron chi connectivity index (χ0n) is 13.1. The first-order valence-electron chi connectivity index (χ1n) is 7.00. The Labute approximate surface area is 142 Å². The molecule has 0 saturated carbocycles. The molecule has 0 bridgehead atoms. The Bertz CT molecular complexity index is 404. The Hall–Kier alpha value is -1.70. The van der Waals surface area contributed by atoms with Crippen LogP contribution in [0.4, 0.5) is 35.1 Å². The molecule has 0 fully saturated rings. The zero-order valence-corrected chi connectivity index (χ0v) is 13.1. The topological polar surface area (TPSA) is 76.7 Å². The van der Waals surface area contributed by atoms with Crippen molar-refractivity contribution in [1.82, 2.24) is 10.6 Å². The molecule has 6 nitrogen and oxygen atoms in total. The van der Waals surface area contributed by atoms with Crippen molar-refractivity contribution in [1.29, 1.82) is 0 Å². The number of ether oxygens (including phenoxy) is 2. The summed E-state index contributed by atoms with van der Waals surface area (Å²) in [6.45, 7) is -1.47. The van der Waals surface area contributed by atoms with E-state index in [1.165, 1.54) is 0 Å². The van der Waals surface area contributed by atoms with Crippen LogP contribution < -0.4 is 10.6 Å². The number of hydrogen-bond donors (Lipinski definition) is 2. The summed E-state index contributed by atoms with van der Waals surface area (Å²) in [7, 11) is 0. The van der Waals surface area contributed by atoms with Gasteiger partial charge in [-0.15, -0.1) is 0 Å². The number of hydrogen-bond acceptors (Lipinski definition) is 4. The van der Waals surface area contributed by atoms with Crippen LogP contribution in [-0.2, 0) is 19.1 Å². The van der Waals surface area contributed by atoms with Gasteiger partial charge in [0, 0.05) is 13.1 Å². The fourth-order valence-corrected chi connectivity index (χ4v) is 1.29. The minimum absolute atomic E-state index is 0.101. The summed E-state index contributed by atoms with van der Waals surface area (Å²) in [5, 5.41) is 3.32. The van der Waals surface area contributed by atoms with Crippen molar-refractivity contribution in [3.8, 4) is 0 Å². The van der Waals surface area contributed by atoms with Gasteiger partial charge < -0.3 is 20.1 Å². The first-order valence-corrected chi connectivity index (χ1v) is 7.00. The van der Waals surface area contributed by atoms with E-state index in [1.807, 2.05) is 0 Å². The maximum atomic E-state index is 12.5. The standard InChI is InChI=1S/C12H16F8N2O4/c13-7(11(15,16)17)9(23)21-1-3-25-5-6-26-4-2-22-10(24)8(14)12(18,19)20/h7-8H,1-6H2,(H,21,23)(H,22,24). The van der Waals surface area contributed by atoms with Gasteiger partial charge in [-0.3, -0.25) is 9.59 Å². The van der Waals surface area contributed by atoms with Crippen LogP contribution in [0.1, 0.15) is 0 Å². The molecule has 0 aliphatic carbocycles. The van der Waals surface area contributed by atoms with Crippen LogP contribution in [-0.4, -0.2) is 76.0 Å². The molecular formula is C12H16F8N2O4. The number of alkyl halides is 8. The van der Waals surface area contributed by atoms with E-state index in [4.69, 9.17) is 9.47 Å². The summed E-state index contributed by atoms with van der Waals surface area (Å²) in [6.07, 6.45) is -17.9. The molecular weight excluding hydrogens is 388 g/mol. The quantitative estimate of drug-likeness (QED) is 0.399. The van der Waals surface area contributed by atoms with E-state index in [0.717, 1.165) is 0 Å². The largest absolute Gasteiger partial charge is 0.428 e. The molecule has 0 spiro atoms. The van der Waals surface area contributed by atoms with Gasteiger partial charge in [0.05, 0.1) is 26.4 Å². The van der Waals surface area contributed by atoms with E-state index in [0.29, 0.717) is 0 Å². The van der Waals surface area contributed by atoms with Gasteiger partial charge >= 0.3 is 12.4 Å². The van der Waals surface area contributed by atoms with Gasteiger partial charge in [0.1, 0.15) is 0 Å². The lowest BCUT2D eigenvalue weighted by atomic mass is 10.3. The van der Waals surface area contributed by atoms with Crippen molar-refractivity contribution < 1.29 is 54.2 Å². The number of carbonyl (C=O) groups is 2. The molecule has 0 aliphatic heterocycles. The van der Waals surface area contributed by atoms with E-state index in [1.54, 1.807) is 10.6 Å². The molecule has 0 saturated heterocycles. The Kier molecular flexibility index (Phi) is 10.4. The molecule has 0 rings (SSSR count). The number of amides is 2. The lowest BCUT2D eigenvalue weighted by molar-refractivity contribution is -0.188. The average molecular weight is 404 g/mol. The van der Waals surface area contributed by atoms with Gasteiger partial charge in [0.15, 0.2) is 0 Å². The smallest absolute Gasteiger partial charge is 0.377 e. The lowest BCUT2D eigenvalue weighted by Crippen LogP contribution is -2.42. The summed E-state index contributed by atoms with van der Waals surface area (Å²) >= 11 is 0. The fourth-order valence-electron chi connectivity index (χ4n) is 1.29. The molecule has 2 unspecified atom stereocenters. The van der Waals surface area contributed by atoms with Gasteiger partial charge in [-0.25, -0.2) is 8.78 Å². The summed E-state index contributed by atoms with van der Waals surface area (Å²) in [5.74, 6) is -3.70. The molecule has 2 amide bonds. The van der Waals surface area contributed by atoms with E-state index in [2.05, 4.69) is 0 Å². The van der Waals surface area contributed by atoms with Crippen molar-refractivity contribution in [2.24, 2.45) is 0 Å². The highest BCUT2D eigenvalue weighted by Gasteiger charge is 2.46. The van der Waals surface area contributed by atoms with Gasteiger partial charge in [-0.2, -0.15) is 26.3 Å². The van der Waals surface area contributed by atoms with Crippen LogP contribution >= 0.6 is 0 Å². The van der Waals surface area contributed by atoms with Crippen LogP contribution in [0.25, 0.3) is 0 Å². The van der Waals surface area contributed by atoms with Crippen molar-refractivity contribution >= 4 is 11.8 Å². The molecule has 26 heavy (non-hydrogen) atoms. The van der Waals surface area contributed by atoms with Crippen LogP contribution in [0.15, 0.2) is 0 Å². The predicted octanol–water partition coefficient (Wildman–Crippen LogP) is 1.05. The van der Waals surface area contributed by atoms with Crippen molar-refractivity contribution in [2.75, 3.05) is 39.5 Å². The van der Waals surface area contributed by atoms with Gasteiger partial charge in [0.25, 0.3) is 24.2 Å². The number of nitrogens with one attached hydrogen (secondary N) is 2. The minimum atomic E-state index is -5.30. The predicted molar refractivity (Wildman–Crippen MR) is 69.6 cm³/mol. The summed E-state index contributed by atoms with van der Waals surface area (Å²) < 4.78 is 106. The summed E-state index contributed by atoms with van der Waals surface area (Å²) in [6, 6.07) is 0. The van der Waals surface area contributed by atoms with Gasteiger partial charge in [-0.1, -0.05) is 0 Å². The minimum Gasteiger partial charge on any atom is -0.377 e. The Morgan fingerprint density at radius 1 is 0.692 bits per heavy atom. The highest BCUT2D eigenvalue weighted by Crippen LogP contribution is 2.23. The molecule has 0 aromatic rings. The second kappa shape index (κ2) is 11.1. The lowest BCUT2D eigenvalue weighted by Gasteiger charge is -2.13. The Morgan fingerprint density at radius 2 is 1.00 bits per heavy atom. The SMILES string of the molecule is O=C(NCCOCCOCCNC(=O)C(F)C(F)(F)F)C(F)C(F)(F)F. The second-order valence-electron chi connectivity index (χ2n) is 4.62. The molecule has 154 valence electrons. The molecule has 0 aromatic carbocycles. The second-order valence-corrected chi connectivity index (χ2v) is 4.62. The first kappa shape index (κ1) is 24.3. The third-order valence-corrected chi connectivity index (χ3v) is 2.50. The van der Waals surface area contributed by atoms with Crippen LogP contribution in [0.5, 0.6) is 0 Å². The molecule has 0 aliphatic rings. The third-order valence-electron chi connectivity index (χ3n) is 2.50. The maximum Gasteiger partial charge on any atom is 0.428 e. The third kappa shape index (κ3) is 10.3. The monoisotopic (exact) mass is 404 g/mol. The fraction of sp³-hybridized carbons (Fsp3) is 0.833. The van der Waals surface area contributed by atoms with Crippen molar-refractivity contribution in [3.05, 3.63) is 0 Å². The van der Waals surface area contributed by atoms with Crippen LogP contribution in [0.2, 0.25) is 0 Å². The number of halogens is 8. The van der Waals surface area contributed by atoms with Gasteiger partial charge in [-0.05, 0) is 0 Å². The highest BCUT2D eigenvalue weighted by atomic mass is 19.4. The zero-order chi connectivity index (χ0) is 20.4. The van der Waals surface area contributed by atoms with E-state index in [-0.39, 0.29) is 39.5 Å². The average Bonchev–Trinajstić information content (AvgIpc) is 2.52. The van der Waals surface area contributed by atoms with Gasteiger partial charge in [0.2, 0.25) is 0 Å². The van der Waals surface area contributed by atoms with Crippen LogP contribution in [0.3, 0.4) is 0 Å². The molecule has 0 heterocycles. The molecule has 0 radical (unpaired) electrons. The first-order chi connectivity index (χ1) is 11.9. The Morgan fingerprint density at radius 3 is 1.27 bits per heavy atom. The molecule has 2 atom stereocenters. The van der Waals surface area contributed by atoms with Crippen molar-refractivity contribution in [3.63, 3.8) is 0 Å². The summed E-state index contributed by atoms with van der Waals surface area (Å²) in [4.78, 5) is 21.5. The van der Waals surface area contributed by atoms with E-state index >= 15 is 0 Å². The normalized spacial score (nSPS) is 14.6. The van der Waals surface area contributed by atoms with E-state index < -0.39 is 36.5 Å². The molecule has 0 aromatic heterocycles.